The number of benzene rings is 1. The Morgan fingerprint density at radius 3 is 2.83 bits per heavy atom. The molecule has 0 saturated heterocycles. The number of pyridine rings is 1. The monoisotopic (exact) mass is 245 g/mol. The maximum absolute atomic E-state index is 12.7. The largest absolute Gasteiger partial charge is 0.340 e. The summed E-state index contributed by atoms with van der Waals surface area (Å²) in [7, 11) is 0. The average Bonchev–Trinajstić information content (AvgIpc) is 2.40. The summed E-state index contributed by atoms with van der Waals surface area (Å²) < 4.78 is 12.7. The summed E-state index contributed by atoms with van der Waals surface area (Å²) in [6, 6.07) is 11.1. The van der Waals surface area contributed by atoms with Gasteiger partial charge in [0.05, 0.1) is 6.20 Å². The summed E-state index contributed by atoms with van der Waals surface area (Å²) in [5.74, 6) is 0.296. The number of rotatable bonds is 5. The Morgan fingerprint density at radius 2 is 2.11 bits per heavy atom. The minimum atomic E-state index is -0.336. The lowest BCUT2D eigenvalue weighted by Gasteiger charge is -2.07. The molecule has 0 radical (unpaired) electrons. The van der Waals surface area contributed by atoms with E-state index in [1.165, 1.54) is 17.8 Å². The maximum Gasteiger partial charge on any atom is 0.141 e. The molecule has 4 heteroatoms. The summed E-state index contributed by atoms with van der Waals surface area (Å²) in [5.41, 5.74) is 7.67. The molecule has 1 aromatic heterocycles. The van der Waals surface area contributed by atoms with E-state index in [9.17, 15) is 4.39 Å². The van der Waals surface area contributed by atoms with E-state index in [1.54, 1.807) is 6.07 Å². The molecule has 2 rings (SSSR count). The number of aromatic nitrogens is 1. The van der Waals surface area contributed by atoms with Gasteiger partial charge in [-0.2, -0.15) is 0 Å². The van der Waals surface area contributed by atoms with E-state index in [1.807, 2.05) is 12.1 Å². The summed E-state index contributed by atoms with van der Waals surface area (Å²) in [4.78, 5) is 3.96. The third-order valence-electron chi connectivity index (χ3n) is 2.60. The van der Waals surface area contributed by atoms with Crippen molar-refractivity contribution in [3.05, 3.63) is 54.0 Å². The lowest BCUT2D eigenvalue weighted by atomic mass is 10.1. The van der Waals surface area contributed by atoms with Gasteiger partial charge in [-0.05, 0) is 49.2 Å². The van der Waals surface area contributed by atoms with Crippen LogP contribution in [0.1, 0.15) is 12.0 Å². The van der Waals surface area contributed by atoms with E-state index in [2.05, 4.69) is 22.4 Å². The first kappa shape index (κ1) is 12.5. The third-order valence-corrected chi connectivity index (χ3v) is 2.60. The standard InChI is InChI=1S/C14H16FN3/c15-12-6-7-14(17-10-12)18-13-5-1-3-11(9-13)4-2-8-16/h1,3,5-7,9-10H,2,4,8,16H2,(H,17,18). The Bertz CT molecular complexity index is 497. The number of nitrogens with two attached hydrogens (primary N) is 1. The van der Waals surface area contributed by atoms with Crippen molar-refractivity contribution in [2.45, 2.75) is 12.8 Å². The molecule has 0 aliphatic heterocycles. The molecule has 0 spiro atoms. The first-order valence-corrected chi connectivity index (χ1v) is 5.95. The molecule has 0 bridgehead atoms. The van der Waals surface area contributed by atoms with Gasteiger partial charge in [0.15, 0.2) is 0 Å². The lowest BCUT2D eigenvalue weighted by Crippen LogP contribution is -2.00. The van der Waals surface area contributed by atoms with E-state index in [0.29, 0.717) is 12.4 Å². The van der Waals surface area contributed by atoms with Gasteiger partial charge in [0.2, 0.25) is 0 Å². The highest BCUT2D eigenvalue weighted by molar-refractivity contribution is 5.56. The van der Waals surface area contributed by atoms with Crippen molar-refractivity contribution in [2.24, 2.45) is 5.73 Å². The second-order valence-electron chi connectivity index (χ2n) is 4.08. The van der Waals surface area contributed by atoms with Gasteiger partial charge in [-0.3, -0.25) is 0 Å². The molecule has 1 heterocycles. The minimum absolute atomic E-state index is 0.336. The highest BCUT2D eigenvalue weighted by Gasteiger charge is 1.98. The second kappa shape index (κ2) is 6.12. The molecule has 3 nitrogen and oxygen atoms in total. The molecular weight excluding hydrogens is 229 g/mol. The van der Waals surface area contributed by atoms with Crippen molar-refractivity contribution < 1.29 is 4.39 Å². The van der Waals surface area contributed by atoms with Gasteiger partial charge in [0.1, 0.15) is 11.6 Å². The molecule has 0 unspecified atom stereocenters. The molecule has 94 valence electrons. The minimum Gasteiger partial charge on any atom is -0.340 e. The fourth-order valence-electron chi connectivity index (χ4n) is 1.71. The number of nitrogens with zero attached hydrogens (tertiary/aromatic N) is 1. The van der Waals surface area contributed by atoms with Gasteiger partial charge in [-0.1, -0.05) is 12.1 Å². The molecule has 0 aliphatic carbocycles. The molecule has 2 aromatic rings. The number of aryl methyl sites for hydroxylation is 1. The predicted octanol–water partition coefficient (Wildman–Crippen LogP) is 2.86. The van der Waals surface area contributed by atoms with Gasteiger partial charge in [0.25, 0.3) is 0 Å². The van der Waals surface area contributed by atoms with Crippen LogP contribution in [0.15, 0.2) is 42.6 Å². The van der Waals surface area contributed by atoms with Crippen molar-refractivity contribution in [1.29, 1.82) is 0 Å². The Hall–Kier alpha value is -1.94. The SMILES string of the molecule is NCCCc1cccc(Nc2ccc(F)cn2)c1. The van der Waals surface area contributed by atoms with E-state index in [-0.39, 0.29) is 5.82 Å². The van der Waals surface area contributed by atoms with Gasteiger partial charge in [-0.25, -0.2) is 9.37 Å². The number of anilines is 2. The molecule has 0 atom stereocenters. The number of halogens is 1. The first-order chi connectivity index (χ1) is 8.78. The summed E-state index contributed by atoms with van der Waals surface area (Å²) in [6.45, 7) is 0.692. The Kier molecular flexibility index (Phi) is 4.25. The van der Waals surface area contributed by atoms with E-state index >= 15 is 0 Å². The van der Waals surface area contributed by atoms with Crippen molar-refractivity contribution >= 4 is 11.5 Å². The van der Waals surface area contributed by atoms with Crippen LogP contribution in [-0.4, -0.2) is 11.5 Å². The van der Waals surface area contributed by atoms with Crippen LogP contribution in [0.4, 0.5) is 15.9 Å². The average molecular weight is 245 g/mol. The Labute approximate surface area is 106 Å². The molecule has 18 heavy (non-hydrogen) atoms. The molecule has 0 amide bonds. The normalized spacial score (nSPS) is 10.3. The molecular formula is C14H16FN3. The van der Waals surface area contributed by atoms with Gasteiger partial charge in [0, 0.05) is 5.69 Å². The molecule has 0 aliphatic rings. The topological polar surface area (TPSA) is 50.9 Å². The number of nitrogens with one attached hydrogen (secondary N) is 1. The van der Waals surface area contributed by atoms with E-state index in [0.717, 1.165) is 18.5 Å². The van der Waals surface area contributed by atoms with Crippen molar-refractivity contribution in [3.8, 4) is 0 Å². The van der Waals surface area contributed by atoms with Crippen LogP contribution in [-0.2, 0) is 6.42 Å². The summed E-state index contributed by atoms with van der Waals surface area (Å²) >= 11 is 0. The second-order valence-corrected chi connectivity index (χ2v) is 4.08. The van der Waals surface area contributed by atoms with Crippen molar-refractivity contribution in [3.63, 3.8) is 0 Å². The van der Waals surface area contributed by atoms with Crippen LogP contribution in [0.5, 0.6) is 0 Å². The summed E-state index contributed by atoms with van der Waals surface area (Å²) in [5, 5.41) is 3.14. The van der Waals surface area contributed by atoms with E-state index in [4.69, 9.17) is 5.73 Å². The zero-order chi connectivity index (χ0) is 12.8. The van der Waals surface area contributed by atoms with Gasteiger partial charge < -0.3 is 11.1 Å². The highest BCUT2D eigenvalue weighted by Crippen LogP contribution is 2.16. The molecule has 0 saturated carbocycles. The first-order valence-electron chi connectivity index (χ1n) is 5.95. The highest BCUT2D eigenvalue weighted by atomic mass is 19.1. The van der Waals surface area contributed by atoms with Crippen LogP contribution in [0.2, 0.25) is 0 Å². The van der Waals surface area contributed by atoms with Crippen molar-refractivity contribution in [2.75, 3.05) is 11.9 Å². The van der Waals surface area contributed by atoms with Crippen LogP contribution in [0, 0.1) is 5.82 Å². The van der Waals surface area contributed by atoms with Gasteiger partial charge in [-0.15, -0.1) is 0 Å². The third kappa shape index (κ3) is 3.53. The smallest absolute Gasteiger partial charge is 0.141 e. The van der Waals surface area contributed by atoms with Crippen LogP contribution in [0.3, 0.4) is 0 Å². The molecule has 1 aromatic carbocycles. The quantitative estimate of drug-likeness (QED) is 0.851. The number of hydrogen-bond acceptors (Lipinski definition) is 3. The molecule has 0 fully saturated rings. The fraction of sp³-hybridized carbons (Fsp3) is 0.214. The van der Waals surface area contributed by atoms with Crippen LogP contribution < -0.4 is 11.1 Å². The molecule has 3 N–H and O–H groups in total. The number of hydrogen-bond donors (Lipinski definition) is 2. The lowest BCUT2D eigenvalue weighted by molar-refractivity contribution is 0.622. The van der Waals surface area contributed by atoms with Crippen LogP contribution >= 0.6 is 0 Å². The zero-order valence-corrected chi connectivity index (χ0v) is 10.1. The maximum atomic E-state index is 12.7. The van der Waals surface area contributed by atoms with Crippen LogP contribution in [0.25, 0.3) is 0 Å². The van der Waals surface area contributed by atoms with Gasteiger partial charge >= 0.3 is 0 Å². The Balaban J connectivity index is 2.06. The van der Waals surface area contributed by atoms with Crippen molar-refractivity contribution in [1.82, 2.24) is 4.98 Å². The Morgan fingerprint density at radius 1 is 1.22 bits per heavy atom. The fourth-order valence-corrected chi connectivity index (χ4v) is 1.71. The zero-order valence-electron chi connectivity index (χ0n) is 10.1. The predicted molar refractivity (Wildman–Crippen MR) is 71.3 cm³/mol. The van der Waals surface area contributed by atoms with E-state index < -0.39 is 0 Å². The summed E-state index contributed by atoms with van der Waals surface area (Å²) in [6.07, 6.45) is 3.13.